The lowest BCUT2D eigenvalue weighted by Gasteiger charge is -2.30. The maximum atomic E-state index is 11.9. The lowest BCUT2D eigenvalue weighted by molar-refractivity contribution is -0.126. The van der Waals surface area contributed by atoms with Gasteiger partial charge in [-0.1, -0.05) is 6.07 Å². The van der Waals surface area contributed by atoms with Crippen molar-refractivity contribution in [3.63, 3.8) is 0 Å². The molecule has 0 bridgehead atoms. The molecule has 3 N–H and O–H groups in total. The molecule has 2 rings (SSSR count). The van der Waals surface area contributed by atoms with Gasteiger partial charge in [-0.3, -0.25) is 18.6 Å². The van der Waals surface area contributed by atoms with Crippen LogP contribution in [0.2, 0.25) is 0 Å². The Morgan fingerprint density at radius 3 is 2.21 bits per heavy atom. The van der Waals surface area contributed by atoms with Crippen molar-refractivity contribution in [1.29, 1.82) is 0 Å². The summed E-state index contributed by atoms with van der Waals surface area (Å²) in [5, 5.41) is 2.68. The Balaban J connectivity index is 2.21. The molecule has 29 heavy (non-hydrogen) atoms. The second kappa shape index (κ2) is 8.99. The summed E-state index contributed by atoms with van der Waals surface area (Å²) in [5.41, 5.74) is 6.79. The molecule has 2 atom stereocenters. The van der Waals surface area contributed by atoms with Gasteiger partial charge in [-0.25, -0.2) is 0 Å². The molecular formula is C21H33N2O5P. The minimum absolute atomic E-state index is 0.140. The molecule has 0 unspecified atom stereocenters. The topological polar surface area (TPSA) is 99.9 Å². The third-order valence-corrected chi connectivity index (χ3v) is 5.94. The van der Waals surface area contributed by atoms with Crippen LogP contribution in [-0.2, 0) is 25.1 Å². The number of fused-ring (bicyclic) bond motifs is 1. The number of hydrogen-bond donors (Lipinski definition) is 2. The van der Waals surface area contributed by atoms with Gasteiger partial charge in [-0.2, -0.15) is 0 Å². The van der Waals surface area contributed by atoms with E-state index in [-0.39, 0.29) is 11.8 Å². The van der Waals surface area contributed by atoms with Gasteiger partial charge in [0.1, 0.15) is 11.8 Å². The zero-order chi connectivity index (χ0) is 22.0. The molecule has 1 aromatic carbocycles. The Hall–Kier alpha value is -1.69. The van der Waals surface area contributed by atoms with Crippen LogP contribution >= 0.6 is 8.60 Å². The van der Waals surface area contributed by atoms with Crippen molar-refractivity contribution in [2.24, 2.45) is 5.73 Å². The zero-order valence-electron chi connectivity index (χ0n) is 18.4. The van der Waals surface area contributed by atoms with Gasteiger partial charge in [0.25, 0.3) is 0 Å². The van der Waals surface area contributed by atoms with E-state index in [9.17, 15) is 9.59 Å². The molecule has 8 heteroatoms. The minimum atomic E-state index is -1.60. The zero-order valence-corrected chi connectivity index (χ0v) is 19.3. The molecule has 0 spiro atoms. The molecule has 1 aliphatic rings. The van der Waals surface area contributed by atoms with Crippen molar-refractivity contribution in [3.05, 3.63) is 29.3 Å². The van der Waals surface area contributed by atoms with Gasteiger partial charge in [0.15, 0.2) is 0 Å². The van der Waals surface area contributed by atoms with Gasteiger partial charge in [0, 0.05) is 12.8 Å². The van der Waals surface area contributed by atoms with E-state index in [1.807, 2.05) is 59.7 Å². The summed E-state index contributed by atoms with van der Waals surface area (Å²) in [4.78, 5) is 23.3. The van der Waals surface area contributed by atoms with Crippen molar-refractivity contribution >= 4 is 20.4 Å². The van der Waals surface area contributed by atoms with Gasteiger partial charge >= 0.3 is 8.60 Å². The summed E-state index contributed by atoms with van der Waals surface area (Å²) in [7, 11) is -1.60. The van der Waals surface area contributed by atoms with Crippen LogP contribution in [0.15, 0.2) is 18.2 Å². The van der Waals surface area contributed by atoms with Gasteiger partial charge < -0.3 is 15.6 Å². The smallest absolute Gasteiger partial charge is 0.398 e. The number of amides is 2. The van der Waals surface area contributed by atoms with Gasteiger partial charge in [-0.05, 0) is 77.6 Å². The van der Waals surface area contributed by atoms with E-state index in [0.717, 1.165) is 24.0 Å². The first-order chi connectivity index (χ1) is 13.2. The summed E-state index contributed by atoms with van der Waals surface area (Å²) < 4.78 is 18.0. The van der Waals surface area contributed by atoms with E-state index in [2.05, 4.69) is 5.32 Å². The molecule has 0 aliphatic heterocycles. The third kappa shape index (κ3) is 7.25. The second-order valence-corrected chi connectivity index (χ2v) is 10.3. The highest BCUT2D eigenvalue weighted by Crippen LogP contribution is 2.48. The standard InChI is InChI=1S/C21H33N2O5P/c1-13(24)23-18(19(22)25)17-10-8-14-12-15(9-11-16(14)17)26-29(27-20(2,3)4)28-21(5,6)7/h9,11-12,17-18H,8,10H2,1-7H3,(H2,22,25)(H,23,24)/t17-,18+/m1/s1. The van der Waals surface area contributed by atoms with E-state index in [4.69, 9.17) is 19.3 Å². The van der Waals surface area contributed by atoms with E-state index < -0.39 is 31.8 Å². The molecular weight excluding hydrogens is 391 g/mol. The van der Waals surface area contributed by atoms with Crippen LogP contribution in [0.3, 0.4) is 0 Å². The van der Waals surface area contributed by atoms with Crippen molar-refractivity contribution in [2.75, 3.05) is 0 Å². The number of carbonyl (C=O) groups excluding carboxylic acids is 2. The molecule has 0 fully saturated rings. The number of benzene rings is 1. The number of hydrogen-bond acceptors (Lipinski definition) is 5. The van der Waals surface area contributed by atoms with Crippen LogP contribution in [0, 0.1) is 0 Å². The van der Waals surface area contributed by atoms with E-state index in [1.165, 1.54) is 6.92 Å². The monoisotopic (exact) mass is 424 g/mol. The maximum Gasteiger partial charge on any atom is 0.398 e. The van der Waals surface area contributed by atoms with E-state index in [0.29, 0.717) is 5.75 Å². The van der Waals surface area contributed by atoms with Crippen molar-refractivity contribution in [2.45, 2.75) is 84.5 Å². The largest absolute Gasteiger partial charge is 0.427 e. The van der Waals surface area contributed by atoms with Gasteiger partial charge in [0.05, 0.1) is 11.2 Å². The first kappa shape index (κ1) is 23.6. The number of primary amides is 1. The second-order valence-electron chi connectivity index (χ2n) is 9.31. The summed E-state index contributed by atoms with van der Waals surface area (Å²) in [5.74, 6) is -0.289. The minimum Gasteiger partial charge on any atom is -0.427 e. The summed E-state index contributed by atoms with van der Waals surface area (Å²) in [6.07, 6.45) is 1.51. The van der Waals surface area contributed by atoms with Crippen LogP contribution in [0.1, 0.15) is 71.9 Å². The van der Waals surface area contributed by atoms with Gasteiger partial charge in [0.2, 0.25) is 11.8 Å². The SMILES string of the molecule is CC(=O)N[C@H](C(N)=O)[C@@H]1CCc2cc(OP(OC(C)(C)C)OC(C)(C)C)ccc21. The quantitative estimate of drug-likeness (QED) is 0.646. The van der Waals surface area contributed by atoms with Crippen molar-refractivity contribution in [1.82, 2.24) is 5.32 Å². The highest BCUT2D eigenvalue weighted by atomic mass is 31.2. The highest BCUT2D eigenvalue weighted by Gasteiger charge is 2.34. The average molecular weight is 424 g/mol. The predicted molar refractivity (Wildman–Crippen MR) is 114 cm³/mol. The normalized spacial score (nSPS) is 17.7. The average Bonchev–Trinajstić information content (AvgIpc) is 2.91. The molecule has 7 nitrogen and oxygen atoms in total. The van der Waals surface area contributed by atoms with E-state index >= 15 is 0 Å². The molecule has 0 heterocycles. The number of carbonyl (C=O) groups is 2. The van der Waals surface area contributed by atoms with Crippen LogP contribution in [0.25, 0.3) is 0 Å². The van der Waals surface area contributed by atoms with Gasteiger partial charge in [-0.15, -0.1) is 0 Å². The Kier molecular flexibility index (Phi) is 7.31. The lowest BCUT2D eigenvalue weighted by Crippen LogP contribution is -2.47. The van der Waals surface area contributed by atoms with Crippen LogP contribution in [0.4, 0.5) is 0 Å². The molecule has 0 saturated heterocycles. The number of nitrogens with one attached hydrogen (secondary N) is 1. The van der Waals surface area contributed by atoms with Crippen LogP contribution in [0.5, 0.6) is 5.75 Å². The Labute approximate surface area is 174 Å². The fourth-order valence-corrected chi connectivity index (χ4v) is 4.50. The molecule has 0 aromatic heterocycles. The number of aryl methyl sites for hydroxylation is 1. The summed E-state index contributed by atoms with van der Waals surface area (Å²) in [6.45, 7) is 13.1. The van der Waals surface area contributed by atoms with Crippen LogP contribution < -0.4 is 15.6 Å². The highest BCUT2D eigenvalue weighted by molar-refractivity contribution is 7.42. The Morgan fingerprint density at radius 1 is 1.14 bits per heavy atom. The first-order valence-corrected chi connectivity index (χ1v) is 10.9. The van der Waals surface area contributed by atoms with Crippen molar-refractivity contribution in [3.8, 4) is 5.75 Å². The lowest BCUT2D eigenvalue weighted by atomic mass is 9.92. The molecule has 162 valence electrons. The Bertz CT molecular complexity index is 738. The fraction of sp³-hybridized carbons (Fsp3) is 0.619. The molecule has 2 amide bonds. The summed E-state index contributed by atoms with van der Waals surface area (Å²) >= 11 is 0. The predicted octanol–water partition coefficient (Wildman–Crippen LogP) is 3.94. The number of rotatable bonds is 7. The summed E-state index contributed by atoms with van der Waals surface area (Å²) in [6, 6.07) is 5.01. The maximum absolute atomic E-state index is 11.9. The number of nitrogens with two attached hydrogens (primary N) is 1. The molecule has 0 saturated carbocycles. The third-order valence-electron chi connectivity index (χ3n) is 4.18. The molecule has 0 radical (unpaired) electrons. The van der Waals surface area contributed by atoms with E-state index in [1.54, 1.807) is 0 Å². The molecule has 1 aliphatic carbocycles. The molecule has 1 aromatic rings. The Morgan fingerprint density at radius 2 is 1.72 bits per heavy atom. The van der Waals surface area contributed by atoms with Crippen LogP contribution in [-0.4, -0.2) is 29.1 Å². The first-order valence-electron chi connectivity index (χ1n) is 9.81. The fourth-order valence-electron chi connectivity index (χ4n) is 3.21. The van der Waals surface area contributed by atoms with Crippen molar-refractivity contribution < 1.29 is 23.2 Å².